The van der Waals surface area contributed by atoms with Gasteiger partial charge in [-0.3, -0.25) is 28.5 Å². The number of carbonyl (C=O) groups excluding carboxylic acids is 5. The number of nitrogens with two attached hydrogens (primary N) is 1. The van der Waals surface area contributed by atoms with Gasteiger partial charge < -0.3 is 76.6 Å². The fourth-order valence-corrected chi connectivity index (χ4v) is 14.8. The van der Waals surface area contributed by atoms with E-state index in [1.54, 1.807) is 48.5 Å². The van der Waals surface area contributed by atoms with Crippen molar-refractivity contribution >= 4 is 125 Å². The Labute approximate surface area is 730 Å². The van der Waals surface area contributed by atoms with E-state index < -0.39 is 16.0 Å². The molecule has 0 aliphatic carbocycles. The molecule has 0 radical (unpaired) electrons. The third-order valence-electron chi connectivity index (χ3n) is 21.3. The maximum absolute atomic E-state index is 13.2. The summed E-state index contributed by atoms with van der Waals surface area (Å²) in [5, 5.41) is 55.2. The number of hydrogen-bond donors (Lipinski definition) is 10. The molecule has 676 valence electrons. The molecule has 32 nitrogen and oxygen atoms in total. The lowest BCUT2D eigenvalue weighted by atomic mass is 10.0. The summed E-state index contributed by atoms with van der Waals surface area (Å²) in [6, 6.07) is 14.7. The van der Waals surface area contributed by atoms with Crippen molar-refractivity contribution in [1.29, 1.82) is 0 Å². The van der Waals surface area contributed by atoms with Gasteiger partial charge in [0, 0.05) is 167 Å². The lowest BCUT2D eigenvalue weighted by Gasteiger charge is -2.26. The summed E-state index contributed by atoms with van der Waals surface area (Å²) in [7, 11) is 0.372. The second kappa shape index (κ2) is 54.8. The highest BCUT2D eigenvalue weighted by Gasteiger charge is 2.26. The minimum absolute atomic E-state index is 0. The molecule has 0 atom stereocenters. The Morgan fingerprint density at radius 1 is 0.533 bits per heavy atom. The van der Waals surface area contributed by atoms with Gasteiger partial charge in [-0.25, -0.2) is 29.0 Å². The maximum Gasteiger partial charge on any atom is 0.302 e. The van der Waals surface area contributed by atoms with Crippen molar-refractivity contribution in [2.24, 2.45) is 5.73 Å². The molecule has 0 saturated carbocycles. The number of benzene rings is 2. The van der Waals surface area contributed by atoms with Crippen molar-refractivity contribution in [3.8, 4) is 0 Å². The van der Waals surface area contributed by atoms with Crippen LogP contribution in [0.1, 0.15) is 219 Å². The van der Waals surface area contributed by atoms with E-state index in [2.05, 4.69) is 98.5 Å². The molecule has 11 N–H and O–H groups in total. The number of nitrogens with zero attached hydrogens (tertiary/aromatic N) is 11. The minimum Gasteiger partial charge on any atom is -0.465 e. The van der Waals surface area contributed by atoms with Gasteiger partial charge in [0.2, 0.25) is 17.7 Å². The predicted octanol–water partition coefficient (Wildman–Crippen LogP) is 12.7. The Morgan fingerprint density at radius 3 is 1.25 bits per heavy atom. The molecular formula is C87H134Cl2N18O14S. The van der Waals surface area contributed by atoms with E-state index >= 15 is 0 Å². The fraction of sp³-hybridized carbons (Fsp3) is 0.598. The largest absolute Gasteiger partial charge is 0.465 e. The zero-order valence-electron chi connectivity index (χ0n) is 73.2. The van der Waals surface area contributed by atoms with Crippen molar-refractivity contribution in [3.63, 3.8) is 0 Å². The Kier molecular flexibility index (Phi) is 45.8. The number of aromatic nitrogens is 9. The topological polar surface area (TPSA) is 414 Å². The number of nitrogens with one attached hydrogen (secondary N) is 6. The monoisotopic (exact) mass is 1760 g/mol. The average molecular weight is 1760 g/mol. The number of likely N-dealkylation sites (N-methyl/N-ethyl adjacent to an activating group) is 2. The average Bonchev–Trinajstić information content (AvgIpc) is 1.64. The third kappa shape index (κ3) is 33.7. The van der Waals surface area contributed by atoms with E-state index in [0.29, 0.717) is 79.3 Å². The number of amides is 4. The van der Waals surface area contributed by atoms with Crippen LogP contribution in [0, 0.1) is 0 Å². The second-order valence-electron chi connectivity index (χ2n) is 30.5. The highest BCUT2D eigenvalue weighted by Crippen LogP contribution is 2.35. The first-order valence-corrected chi connectivity index (χ1v) is 45.5. The number of unbranched alkanes of at least 4 members (excludes halogenated alkanes) is 8. The second-order valence-corrected chi connectivity index (χ2v) is 32.2. The third-order valence-corrected chi connectivity index (χ3v) is 21.5. The van der Waals surface area contributed by atoms with Crippen LogP contribution in [0.5, 0.6) is 0 Å². The summed E-state index contributed by atoms with van der Waals surface area (Å²) < 4.78 is 53.0. The van der Waals surface area contributed by atoms with Crippen LogP contribution in [0.2, 0.25) is 0 Å². The van der Waals surface area contributed by atoms with Crippen LogP contribution in [0.25, 0.3) is 33.1 Å². The highest BCUT2D eigenvalue weighted by molar-refractivity contribution is 7.85. The molecule has 0 bridgehead atoms. The number of rotatable bonds is 41. The van der Waals surface area contributed by atoms with Gasteiger partial charge in [-0.05, 0) is 180 Å². The van der Waals surface area contributed by atoms with Crippen LogP contribution in [0.3, 0.4) is 0 Å². The number of alkyl halides is 1. The lowest BCUT2D eigenvalue weighted by Crippen LogP contribution is -2.30. The zero-order valence-corrected chi connectivity index (χ0v) is 75.6. The molecule has 11 rings (SSSR count). The van der Waals surface area contributed by atoms with Gasteiger partial charge in [-0.15, -0.1) is 24.0 Å². The van der Waals surface area contributed by atoms with Crippen LogP contribution in [-0.2, 0) is 101 Å². The van der Waals surface area contributed by atoms with E-state index in [1.807, 2.05) is 46.7 Å². The molecule has 8 aromatic rings. The van der Waals surface area contributed by atoms with Crippen molar-refractivity contribution in [3.05, 3.63) is 112 Å². The lowest BCUT2D eigenvalue weighted by molar-refractivity contribution is -0.141. The van der Waals surface area contributed by atoms with Gasteiger partial charge in [-0.2, -0.15) is 23.7 Å². The summed E-state index contributed by atoms with van der Waals surface area (Å²) in [5.41, 5.74) is 19.2. The number of anilines is 5. The summed E-state index contributed by atoms with van der Waals surface area (Å²) in [6.45, 7) is 25.3. The number of hydrogen-bond acceptors (Lipinski definition) is 24. The Bertz CT molecular complexity index is 4490. The number of aliphatic hydroxyl groups excluding tert-OH is 2. The van der Waals surface area contributed by atoms with E-state index in [4.69, 9.17) is 60.9 Å². The first-order valence-electron chi connectivity index (χ1n) is 43.1. The smallest absolute Gasteiger partial charge is 0.302 e. The van der Waals surface area contributed by atoms with Crippen molar-refractivity contribution in [2.45, 2.75) is 240 Å². The number of esters is 1. The number of ether oxygens (including phenoxy) is 4. The standard InChI is InChI=1S/C34H51N7O4.C20H31N3O4.C16H23ClN4O.C16H24N4O2.CH4O3S.ClH/c1-4-30-28(32(38-27-16-21-45-22-17-27)29-24-36-41(5-2)33(29)39-30)23-35-34(44)25-12-14-26(15-13-25)37-31(43)11-9-7-6-8-10-18-40(3)19-20-42;1-16(24)27-15-14-23(2)13-7-5-3-4-6-8-19(25)22-18-11-9-17(10-12-18)20(21)26;1-3-14-12(9-17)15(19-11-5-7-22-8-6-11)13-10-18-21(4-2)16(13)20-14;1-3-14-13(10-21)15(18-11-5-7-22-8-6-11)12-9-17-20(4-2)16(12)19-14;1-5(2,3)4;/h12-15,24,27,42H,4-11,16-23H2,1-3H3,(H,35,44)(H,37,43)(H,38,39);9-12H,3-8,13-15H2,1-2H3,(H2,21,26)(H,22,25);10-11H,3-9H2,1-2H3,(H,19,20);9,11,21H,3-8,10H2,1-2H3,(H,18,19);1H3,(H,2,3,4);1H. The highest BCUT2D eigenvalue weighted by atomic mass is 35.5. The molecule has 3 aliphatic rings. The van der Waals surface area contributed by atoms with Gasteiger partial charge in [0.25, 0.3) is 16.0 Å². The Balaban J connectivity index is 0.000000258. The molecule has 0 unspecified atom stereocenters. The summed E-state index contributed by atoms with van der Waals surface area (Å²) >= 11 is 6.24. The number of primary amides is 1. The van der Waals surface area contributed by atoms with Crippen LogP contribution in [0.4, 0.5) is 28.4 Å². The SMILES string of the molecule is CC(=O)OCCN(C)CCCCCCCC(=O)Nc1ccc(C(N)=O)cc1.CCc1nc2c(cnn2CC)c(NC2CCOCC2)c1CCl.CCc1nc2c(cnn2CC)c(NC2CCOCC2)c1CNC(=O)c1ccc(NC(=O)CCCCCCCN(C)CCO)cc1.CCc1nc2c(cnn2CC)c(NC2CCOCC2)c1CO.CS(=O)(=O)O.Cl. The number of aryl methyl sites for hydroxylation is 6. The zero-order chi connectivity index (χ0) is 87.6. The number of fused-ring (bicyclic) bond motifs is 3. The summed E-state index contributed by atoms with van der Waals surface area (Å²) in [6.07, 6.45) is 25.9. The van der Waals surface area contributed by atoms with Gasteiger partial charge in [0.05, 0.1) is 82.9 Å². The Morgan fingerprint density at radius 2 is 0.885 bits per heavy atom. The van der Waals surface area contributed by atoms with Crippen molar-refractivity contribution in [1.82, 2.24) is 59.4 Å². The summed E-state index contributed by atoms with van der Waals surface area (Å²) in [5.74, 6) is -0.472. The molecule has 122 heavy (non-hydrogen) atoms. The molecule has 4 amide bonds. The van der Waals surface area contributed by atoms with Gasteiger partial charge >= 0.3 is 5.97 Å². The molecule has 3 saturated heterocycles. The molecule has 9 heterocycles. The Hall–Kier alpha value is -8.74. The van der Waals surface area contributed by atoms with E-state index in [-0.39, 0.29) is 55.4 Å². The number of carbonyl (C=O) groups is 5. The predicted molar refractivity (Wildman–Crippen MR) is 484 cm³/mol. The quantitative estimate of drug-likeness (QED) is 0.00736. The number of pyridine rings is 3. The minimum atomic E-state index is -3.67. The fourth-order valence-electron chi connectivity index (χ4n) is 14.5. The van der Waals surface area contributed by atoms with Crippen LogP contribution in [0.15, 0.2) is 67.1 Å². The van der Waals surface area contributed by atoms with Crippen LogP contribution < -0.4 is 37.6 Å². The molecule has 3 aliphatic heterocycles. The number of aliphatic hydroxyl groups is 2. The summed E-state index contributed by atoms with van der Waals surface area (Å²) in [4.78, 5) is 78.0. The molecule has 3 fully saturated rings. The number of halogens is 2. The first kappa shape index (κ1) is 102. The first-order chi connectivity index (χ1) is 58.4. The normalized spacial score (nSPS) is 13.8. The maximum atomic E-state index is 13.2. The molecule has 35 heteroatoms. The molecular weight excluding hydrogens is 1620 g/mol. The van der Waals surface area contributed by atoms with Crippen LogP contribution >= 0.6 is 24.0 Å². The molecule has 0 spiro atoms. The van der Waals surface area contributed by atoms with Crippen molar-refractivity contribution in [2.75, 3.05) is 126 Å². The van der Waals surface area contributed by atoms with Crippen LogP contribution in [-0.4, -0.2) is 224 Å². The van der Waals surface area contributed by atoms with Crippen molar-refractivity contribution < 1.29 is 66.1 Å². The van der Waals surface area contributed by atoms with E-state index in [9.17, 15) is 37.5 Å². The van der Waals surface area contributed by atoms with Gasteiger partial charge in [0.1, 0.15) is 6.61 Å². The van der Waals surface area contributed by atoms with E-state index in [0.717, 1.165) is 285 Å². The van der Waals surface area contributed by atoms with E-state index in [1.165, 1.54) is 6.92 Å². The molecule has 6 aromatic heterocycles. The van der Waals surface area contributed by atoms with Gasteiger partial charge in [0.15, 0.2) is 16.9 Å². The molecule has 2 aromatic carbocycles. The van der Waals surface area contributed by atoms with Gasteiger partial charge in [-0.1, -0.05) is 59.3 Å².